The van der Waals surface area contributed by atoms with E-state index in [9.17, 15) is 9.90 Å². The molecule has 0 aliphatic rings. The van der Waals surface area contributed by atoms with E-state index in [0.717, 1.165) is 6.42 Å². The summed E-state index contributed by atoms with van der Waals surface area (Å²) >= 11 is 0. The van der Waals surface area contributed by atoms with Gasteiger partial charge in [0.1, 0.15) is 5.69 Å². The molecule has 0 radical (unpaired) electrons. The molecule has 0 aromatic carbocycles. The molecular weight excluding hydrogens is 260 g/mol. The number of carbonyl (C=O) groups is 1. The maximum atomic E-state index is 11.5. The van der Waals surface area contributed by atoms with Crippen molar-refractivity contribution in [3.63, 3.8) is 0 Å². The van der Waals surface area contributed by atoms with E-state index in [1.807, 2.05) is 6.92 Å². The molecule has 0 aliphatic heterocycles. The Morgan fingerprint density at radius 3 is 2.95 bits per heavy atom. The Bertz CT molecular complexity index is 759. The van der Waals surface area contributed by atoms with E-state index >= 15 is 0 Å². The standard InChI is InChI=1S/C14H12N2O4/c1-2-4-9-12-8(14(17)18)7-10(11-5-3-6-19-11)15-13(12)20-16-9/h3,5-7H,2,4H2,1H3,(H,17,18). The third kappa shape index (κ3) is 1.95. The summed E-state index contributed by atoms with van der Waals surface area (Å²) < 4.78 is 10.4. The van der Waals surface area contributed by atoms with Gasteiger partial charge in [-0.05, 0) is 24.6 Å². The quantitative estimate of drug-likeness (QED) is 0.784. The van der Waals surface area contributed by atoms with Crippen molar-refractivity contribution in [2.45, 2.75) is 19.8 Å². The number of rotatable bonds is 4. The second kappa shape index (κ2) is 4.80. The van der Waals surface area contributed by atoms with Crippen LogP contribution in [0.2, 0.25) is 0 Å². The van der Waals surface area contributed by atoms with E-state index in [1.54, 1.807) is 12.1 Å². The molecule has 3 heterocycles. The Morgan fingerprint density at radius 1 is 1.45 bits per heavy atom. The van der Waals surface area contributed by atoms with Crippen molar-refractivity contribution in [1.29, 1.82) is 0 Å². The molecule has 6 heteroatoms. The molecule has 0 spiro atoms. The van der Waals surface area contributed by atoms with Gasteiger partial charge >= 0.3 is 5.97 Å². The van der Waals surface area contributed by atoms with Crippen molar-refractivity contribution in [3.8, 4) is 11.5 Å². The average Bonchev–Trinajstić information content (AvgIpc) is 3.07. The summed E-state index contributed by atoms with van der Waals surface area (Å²) in [5.41, 5.74) is 1.39. The molecule has 3 rings (SSSR count). The van der Waals surface area contributed by atoms with Crippen molar-refractivity contribution >= 4 is 17.1 Å². The first-order valence-corrected chi connectivity index (χ1v) is 6.27. The van der Waals surface area contributed by atoms with Crippen LogP contribution in [-0.4, -0.2) is 21.2 Å². The zero-order valence-corrected chi connectivity index (χ0v) is 10.8. The van der Waals surface area contributed by atoms with E-state index < -0.39 is 5.97 Å². The lowest BCUT2D eigenvalue weighted by atomic mass is 10.1. The van der Waals surface area contributed by atoms with E-state index in [2.05, 4.69) is 10.1 Å². The lowest BCUT2D eigenvalue weighted by Crippen LogP contribution is -2.00. The Labute approximate surface area is 114 Å². The number of nitrogens with zero attached hydrogens (tertiary/aromatic N) is 2. The second-order valence-electron chi connectivity index (χ2n) is 4.40. The molecule has 0 aliphatic carbocycles. The summed E-state index contributed by atoms with van der Waals surface area (Å²) in [5, 5.41) is 13.8. The lowest BCUT2D eigenvalue weighted by Gasteiger charge is -2.01. The minimum absolute atomic E-state index is 0.131. The average molecular weight is 272 g/mol. The van der Waals surface area contributed by atoms with Crippen LogP contribution in [0, 0.1) is 0 Å². The molecule has 3 aromatic heterocycles. The first kappa shape index (κ1) is 12.4. The van der Waals surface area contributed by atoms with Crippen molar-refractivity contribution in [1.82, 2.24) is 10.1 Å². The number of aromatic carboxylic acids is 1. The van der Waals surface area contributed by atoms with Crippen LogP contribution in [0.25, 0.3) is 22.6 Å². The molecule has 0 saturated heterocycles. The van der Waals surface area contributed by atoms with Gasteiger partial charge in [0.25, 0.3) is 5.71 Å². The van der Waals surface area contributed by atoms with Gasteiger partial charge in [-0.3, -0.25) is 0 Å². The van der Waals surface area contributed by atoms with Crippen LogP contribution in [0.1, 0.15) is 29.4 Å². The molecule has 0 bridgehead atoms. The van der Waals surface area contributed by atoms with Gasteiger partial charge in [-0.15, -0.1) is 0 Å². The molecule has 0 saturated carbocycles. The molecule has 0 fully saturated rings. The predicted molar refractivity (Wildman–Crippen MR) is 70.5 cm³/mol. The van der Waals surface area contributed by atoms with Crippen LogP contribution in [0.3, 0.4) is 0 Å². The minimum Gasteiger partial charge on any atom is -0.478 e. The first-order chi connectivity index (χ1) is 9.70. The van der Waals surface area contributed by atoms with Crippen LogP contribution in [0.15, 0.2) is 33.4 Å². The number of hydrogen-bond acceptors (Lipinski definition) is 5. The van der Waals surface area contributed by atoms with Crippen LogP contribution in [-0.2, 0) is 6.42 Å². The smallest absolute Gasteiger partial charge is 0.336 e. The monoisotopic (exact) mass is 272 g/mol. The molecule has 0 unspecified atom stereocenters. The van der Waals surface area contributed by atoms with Crippen LogP contribution >= 0.6 is 0 Å². The molecule has 6 nitrogen and oxygen atoms in total. The Kier molecular flexibility index (Phi) is 2.98. The van der Waals surface area contributed by atoms with E-state index in [0.29, 0.717) is 29.0 Å². The number of fused-ring (bicyclic) bond motifs is 1. The van der Waals surface area contributed by atoms with Gasteiger partial charge in [0, 0.05) is 0 Å². The van der Waals surface area contributed by atoms with Gasteiger partial charge in [0.2, 0.25) is 0 Å². The van der Waals surface area contributed by atoms with Gasteiger partial charge < -0.3 is 14.0 Å². The fourth-order valence-corrected chi connectivity index (χ4v) is 2.14. The molecule has 20 heavy (non-hydrogen) atoms. The van der Waals surface area contributed by atoms with Crippen molar-refractivity contribution in [3.05, 3.63) is 35.7 Å². The second-order valence-corrected chi connectivity index (χ2v) is 4.40. The van der Waals surface area contributed by atoms with Crippen molar-refractivity contribution in [2.75, 3.05) is 0 Å². The number of carboxylic acids is 1. The summed E-state index contributed by atoms with van der Waals surface area (Å²) in [5.74, 6) is -0.548. The molecular formula is C14H12N2O4. The lowest BCUT2D eigenvalue weighted by molar-refractivity contribution is 0.0699. The van der Waals surface area contributed by atoms with E-state index in [4.69, 9.17) is 8.94 Å². The molecule has 0 atom stereocenters. The summed E-state index contributed by atoms with van der Waals surface area (Å²) in [6, 6.07) is 4.91. The molecule has 0 amide bonds. The number of pyridine rings is 1. The SMILES string of the molecule is CCCc1noc2nc(-c3ccco3)cc(C(=O)O)c12. The molecule has 102 valence electrons. The predicted octanol–water partition coefficient (Wildman–Crippen LogP) is 3.13. The van der Waals surface area contributed by atoms with Crippen LogP contribution < -0.4 is 0 Å². The van der Waals surface area contributed by atoms with Gasteiger partial charge in [-0.25, -0.2) is 9.78 Å². The topological polar surface area (TPSA) is 89.4 Å². The van der Waals surface area contributed by atoms with Gasteiger partial charge in [0.05, 0.1) is 22.9 Å². The fraction of sp³-hybridized carbons (Fsp3) is 0.214. The number of hydrogen-bond donors (Lipinski definition) is 1. The van der Waals surface area contributed by atoms with Gasteiger partial charge in [-0.2, -0.15) is 0 Å². The van der Waals surface area contributed by atoms with Crippen LogP contribution in [0.4, 0.5) is 0 Å². The summed E-state index contributed by atoms with van der Waals surface area (Å²) in [7, 11) is 0. The van der Waals surface area contributed by atoms with Gasteiger partial charge in [-0.1, -0.05) is 18.5 Å². The Morgan fingerprint density at radius 2 is 2.30 bits per heavy atom. The summed E-state index contributed by atoms with van der Waals surface area (Å²) in [6.45, 7) is 1.99. The van der Waals surface area contributed by atoms with Gasteiger partial charge in [0.15, 0.2) is 5.76 Å². The fourth-order valence-electron chi connectivity index (χ4n) is 2.14. The third-order valence-corrected chi connectivity index (χ3v) is 3.01. The maximum absolute atomic E-state index is 11.5. The molecule has 3 aromatic rings. The maximum Gasteiger partial charge on any atom is 0.336 e. The zero-order valence-electron chi connectivity index (χ0n) is 10.8. The zero-order chi connectivity index (χ0) is 14.1. The molecule has 1 N–H and O–H groups in total. The summed E-state index contributed by atoms with van der Waals surface area (Å²) in [4.78, 5) is 15.7. The number of carboxylic acid groups (broad SMARTS) is 1. The number of aryl methyl sites for hydroxylation is 1. The highest BCUT2D eigenvalue weighted by Gasteiger charge is 2.20. The summed E-state index contributed by atoms with van der Waals surface area (Å²) in [6.07, 6.45) is 3.00. The number of aromatic nitrogens is 2. The normalized spacial score (nSPS) is 11.1. The highest BCUT2D eigenvalue weighted by molar-refractivity contribution is 6.03. The van der Waals surface area contributed by atoms with E-state index in [-0.39, 0.29) is 11.3 Å². The highest BCUT2D eigenvalue weighted by atomic mass is 16.5. The minimum atomic E-state index is -1.04. The first-order valence-electron chi connectivity index (χ1n) is 6.27. The van der Waals surface area contributed by atoms with Crippen LogP contribution in [0.5, 0.6) is 0 Å². The Hall–Kier alpha value is -2.63. The third-order valence-electron chi connectivity index (χ3n) is 3.01. The van der Waals surface area contributed by atoms with Crippen molar-refractivity contribution < 1.29 is 18.8 Å². The van der Waals surface area contributed by atoms with E-state index in [1.165, 1.54) is 12.3 Å². The number of furan rings is 1. The van der Waals surface area contributed by atoms with Crippen molar-refractivity contribution in [2.24, 2.45) is 0 Å². The highest BCUT2D eigenvalue weighted by Crippen LogP contribution is 2.28. The largest absolute Gasteiger partial charge is 0.478 e. The Balaban J connectivity index is 2.26.